The largest absolute Gasteiger partial charge is 0.493 e. The van der Waals surface area contributed by atoms with Gasteiger partial charge < -0.3 is 9.67 Å². The van der Waals surface area contributed by atoms with Gasteiger partial charge in [-0.05, 0) is 36.8 Å². The molecule has 0 bridgehead atoms. The Morgan fingerprint density at radius 1 is 1.50 bits per heavy atom. The Hall–Kier alpha value is -1.70. The van der Waals surface area contributed by atoms with Gasteiger partial charge in [0.25, 0.3) is 0 Å². The van der Waals surface area contributed by atoms with Crippen LogP contribution in [-0.4, -0.2) is 14.2 Å². The Labute approximate surface area is 115 Å². The highest BCUT2D eigenvalue weighted by Crippen LogP contribution is 2.25. The number of halogens is 1. The molecule has 0 amide bonds. The van der Waals surface area contributed by atoms with E-state index in [2.05, 4.69) is 5.92 Å². The van der Waals surface area contributed by atoms with Crippen LogP contribution in [0.25, 0.3) is 5.69 Å². The van der Waals surface area contributed by atoms with Crippen LogP contribution in [-0.2, 0) is 6.54 Å². The summed E-state index contributed by atoms with van der Waals surface area (Å²) in [4.78, 5) is 0. The Bertz CT molecular complexity index is 694. The number of imidazole rings is 1. The predicted molar refractivity (Wildman–Crippen MR) is 74.8 cm³/mol. The Morgan fingerprint density at radius 3 is 2.89 bits per heavy atom. The first-order valence-corrected chi connectivity index (χ1v) is 6.04. The third-order valence-corrected chi connectivity index (χ3v) is 3.26. The van der Waals surface area contributed by atoms with E-state index in [9.17, 15) is 5.11 Å². The maximum Gasteiger partial charge on any atom is 0.214 e. The number of hydrogen-bond donors (Lipinski definition) is 1. The van der Waals surface area contributed by atoms with Crippen molar-refractivity contribution in [1.82, 2.24) is 9.13 Å². The molecule has 1 N–H and O–H groups in total. The van der Waals surface area contributed by atoms with Gasteiger partial charge in [-0.3, -0.25) is 4.57 Å². The molecule has 0 aliphatic heterocycles. The van der Waals surface area contributed by atoms with E-state index in [0.717, 1.165) is 11.3 Å². The van der Waals surface area contributed by atoms with Gasteiger partial charge in [0.2, 0.25) is 5.88 Å². The number of aromatic hydroxyl groups is 1. The van der Waals surface area contributed by atoms with Crippen molar-refractivity contribution >= 4 is 23.8 Å². The fraction of sp³-hybridized carbons (Fsp3) is 0.154. The lowest BCUT2D eigenvalue weighted by atomic mass is 10.2. The second kappa shape index (κ2) is 4.89. The van der Waals surface area contributed by atoms with Crippen molar-refractivity contribution in [3.63, 3.8) is 0 Å². The number of nitrogens with zero attached hydrogens (tertiary/aromatic N) is 2. The van der Waals surface area contributed by atoms with E-state index >= 15 is 0 Å². The highest BCUT2D eigenvalue weighted by Gasteiger charge is 2.11. The minimum atomic E-state index is 0.0422. The lowest BCUT2D eigenvalue weighted by molar-refractivity contribution is 0.441. The number of benzene rings is 1. The summed E-state index contributed by atoms with van der Waals surface area (Å²) in [5.41, 5.74) is 1.71. The normalized spacial score (nSPS) is 10.3. The second-order valence-corrected chi connectivity index (χ2v) is 4.67. The average Bonchev–Trinajstić information content (AvgIpc) is 2.59. The summed E-state index contributed by atoms with van der Waals surface area (Å²) in [6, 6.07) is 5.42. The standard InChI is InChI=1S/C13H11ClN2OS/c1-3-6-15-8-12(17)16(13(15)18)11-7-10(14)5-4-9(11)2/h1,4-5,7-8,17H,6H2,2H3. The first-order valence-electron chi connectivity index (χ1n) is 5.25. The molecular weight excluding hydrogens is 268 g/mol. The van der Waals surface area contributed by atoms with Crippen molar-refractivity contribution in [3.8, 4) is 23.9 Å². The van der Waals surface area contributed by atoms with Crippen molar-refractivity contribution in [3.05, 3.63) is 39.8 Å². The summed E-state index contributed by atoms with van der Waals surface area (Å²) in [5, 5.41) is 10.6. The summed E-state index contributed by atoms with van der Waals surface area (Å²) in [6.45, 7) is 2.24. The zero-order chi connectivity index (χ0) is 13.3. The smallest absolute Gasteiger partial charge is 0.214 e. The topological polar surface area (TPSA) is 30.1 Å². The number of terminal acetylenes is 1. The van der Waals surface area contributed by atoms with Gasteiger partial charge in [0.05, 0.1) is 18.4 Å². The SMILES string of the molecule is C#CCn1cc(O)n(-c2cc(Cl)ccc2C)c1=S. The van der Waals surface area contributed by atoms with E-state index < -0.39 is 0 Å². The highest BCUT2D eigenvalue weighted by molar-refractivity contribution is 7.71. The van der Waals surface area contributed by atoms with Crippen LogP contribution >= 0.6 is 23.8 Å². The number of aromatic nitrogens is 2. The zero-order valence-electron chi connectivity index (χ0n) is 9.72. The minimum Gasteiger partial charge on any atom is -0.493 e. The van der Waals surface area contributed by atoms with Crippen LogP contribution in [0.15, 0.2) is 24.4 Å². The minimum absolute atomic E-state index is 0.0422. The van der Waals surface area contributed by atoms with Crippen molar-refractivity contribution in [2.75, 3.05) is 0 Å². The lowest BCUT2D eigenvalue weighted by Crippen LogP contribution is -2.00. The van der Waals surface area contributed by atoms with Gasteiger partial charge in [-0.2, -0.15) is 0 Å². The Kier molecular flexibility index (Phi) is 3.46. The van der Waals surface area contributed by atoms with E-state index in [-0.39, 0.29) is 5.88 Å². The maximum absolute atomic E-state index is 9.97. The molecule has 5 heteroatoms. The molecule has 2 aromatic rings. The van der Waals surface area contributed by atoms with Gasteiger partial charge in [0.1, 0.15) is 0 Å². The van der Waals surface area contributed by atoms with Gasteiger partial charge >= 0.3 is 0 Å². The molecule has 92 valence electrons. The van der Waals surface area contributed by atoms with Crippen molar-refractivity contribution in [2.24, 2.45) is 0 Å². The van der Waals surface area contributed by atoms with Crippen molar-refractivity contribution in [1.29, 1.82) is 0 Å². The van der Waals surface area contributed by atoms with Crippen LogP contribution in [0.3, 0.4) is 0 Å². The van der Waals surface area contributed by atoms with Gasteiger partial charge in [0.15, 0.2) is 4.77 Å². The van der Waals surface area contributed by atoms with Gasteiger partial charge in [-0.25, -0.2) is 0 Å². The number of aryl methyl sites for hydroxylation is 1. The molecule has 0 spiro atoms. The average molecular weight is 279 g/mol. The van der Waals surface area contributed by atoms with Crippen LogP contribution < -0.4 is 0 Å². The molecule has 0 radical (unpaired) electrons. The first-order chi connectivity index (χ1) is 8.54. The summed E-state index contributed by atoms with van der Waals surface area (Å²) in [6.07, 6.45) is 6.77. The summed E-state index contributed by atoms with van der Waals surface area (Å²) < 4.78 is 3.62. The Balaban J connectivity index is 2.69. The molecule has 2 rings (SSSR count). The lowest BCUT2D eigenvalue weighted by Gasteiger charge is -2.08. The summed E-state index contributed by atoms with van der Waals surface area (Å²) in [7, 11) is 0. The third-order valence-electron chi connectivity index (χ3n) is 2.61. The summed E-state index contributed by atoms with van der Waals surface area (Å²) >= 11 is 11.3. The molecule has 0 saturated carbocycles. The van der Waals surface area contributed by atoms with Crippen molar-refractivity contribution in [2.45, 2.75) is 13.5 Å². The monoisotopic (exact) mass is 278 g/mol. The molecule has 0 unspecified atom stereocenters. The number of hydrogen-bond acceptors (Lipinski definition) is 2. The molecule has 0 atom stereocenters. The van der Waals surface area contributed by atoms with E-state index in [1.165, 1.54) is 6.20 Å². The molecule has 0 saturated heterocycles. The molecule has 0 aliphatic rings. The van der Waals surface area contributed by atoms with Crippen LogP contribution in [0.1, 0.15) is 5.56 Å². The molecule has 1 aromatic carbocycles. The third kappa shape index (κ3) is 2.15. The Morgan fingerprint density at radius 2 is 2.22 bits per heavy atom. The van der Waals surface area contributed by atoms with E-state index in [4.69, 9.17) is 30.2 Å². The quantitative estimate of drug-likeness (QED) is 0.675. The van der Waals surface area contributed by atoms with Crippen molar-refractivity contribution < 1.29 is 5.11 Å². The van der Waals surface area contributed by atoms with Gasteiger partial charge in [0, 0.05) is 5.02 Å². The summed E-state index contributed by atoms with van der Waals surface area (Å²) in [5.74, 6) is 2.53. The molecule has 0 fully saturated rings. The predicted octanol–water partition coefficient (Wildman–Crippen LogP) is 3.31. The van der Waals surface area contributed by atoms with E-state index in [0.29, 0.717) is 16.3 Å². The van der Waals surface area contributed by atoms with E-state index in [1.54, 1.807) is 21.3 Å². The first kappa shape index (κ1) is 12.7. The van der Waals surface area contributed by atoms with Crippen LogP contribution in [0.2, 0.25) is 5.02 Å². The second-order valence-electron chi connectivity index (χ2n) is 3.87. The van der Waals surface area contributed by atoms with Gasteiger partial charge in [-0.15, -0.1) is 6.42 Å². The number of rotatable bonds is 2. The molecule has 1 aromatic heterocycles. The zero-order valence-corrected chi connectivity index (χ0v) is 11.3. The van der Waals surface area contributed by atoms with Gasteiger partial charge in [-0.1, -0.05) is 23.6 Å². The molecule has 18 heavy (non-hydrogen) atoms. The fourth-order valence-corrected chi connectivity index (χ4v) is 2.22. The fourth-order valence-electron chi connectivity index (χ4n) is 1.74. The van der Waals surface area contributed by atoms with Crippen LogP contribution in [0, 0.1) is 24.0 Å². The highest BCUT2D eigenvalue weighted by atomic mass is 35.5. The molecule has 1 heterocycles. The molecule has 0 aliphatic carbocycles. The molecular formula is C13H11ClN2OS. The van der Waals surface area contributed by atoms with Crippen LogP contribution in [0.4, 0.5) is 0 Å². The van der Waals surface area contributed by atoms with Crippen LogP contribution in [0.5, 0.6) is 5.88 Å². The van der Waals surface area contributed by atoms with E-state index in [1.807, 2.05) is 13.0 Å². The molecule has 3 nitrogen and oxygen atoms in total. The maximum atomic E-state index is 9.97.